The molecule has 17 heavy (non-hydrogen) atoms. The first kappa shape index (κ1) is 14.1. The number of nitrogens with zero attached hydrogens (tertiary/aromatic N) is 2. The highest BCUT2D eigenvalue weighted by Crippen LogP contribution is 1.99. The smallest absolute Gasteiger partial charge is 0.0587 e. The zero-order valence-electron chi connectivity index (χ0n) is 10.9. The van der Waals surface area contributed by atoms with Gasteiger partial charge in [-0.3, -0.25) is 9.88 Å². The molecule has 0 aromatic carbocycles. The lowest BCUT2D eigenvalue weighted by atomic mass is 10.3. The Hall–Kier alpha value is -0.970. The van der Waals surface area contributed by atoms with Gasteiger partial charge < -0.3 is 10.1 Å². The summed E-state index contributed by atoms with van der Waals surface area (Å²) in [5.74, 6) is 0. The predicted molar refractivity (Wildman–Crippen MR) is 69.9 cm³/mol. The Balaban J connectivity index is 2.20. The second-order valence-corrected chi connectivity index (χ2v) is 3.93. The molecule has 0 fully saturated rings. The Labute approximate surface area is 104 Å². The molecule has 0 atom stereocenters. The number of hydrogen-bond acceptors (Lipinski definition) is 4. The minimum atomic E-state index is 0.770. The maximum Gasteiger partial charge on any atom is 0.0587 e. The van der Waals surface area contributed by atoms with Crippen LogP contribution in [0.15, 0.2) is 24.4 Å². The number of nitrogens with one attached hydrogen (secondary N) is 1. The number of pyridine rings is 1. The van der Waals surface area contributed by atoms with Crippen molar-refractivity contribution >= 4 is 0 Å². The van der Waals surface area contributed by atoms with Gasteiger partial charge in [0.15, 0.2) is 0 Å². The van der Waals surface area contributed by atoms with E-state index in [1.54, 1.807) is 7.11 Å². The molecule has 0 aliphatic carbocycles. The number of aromatic nitrogens is 1. The molecule has 0 amide bonds. The highest BCUT2D eigenvalue weighted by Gasteiger charge is 2.03. The molecule has 0 unspecified atom stereocenters. The average Bonchev–Trinajstić information content (AvgIpc) is 2.38. The third kappa shape index (κ3) is 6.36. The number of rotatable bonds is 9. The molecule has 0 spiro atoms. The van der Waals surface area contributed by atoms with Gasteiger partial charge in [0.25, 0.3) is 0 Å². The van der Waals surface area contributed by atoms with E-state index in [1.165, 1.54) is 0 Å². The van der Waals surface area contributed by atoms with Gasteiger partial charge in [-0.1, -0.05) is 13.0 Å². The minimum absolute atomic E-state index is 0.770. The van der Waals surface area contributed by atoms with Crippen molar-refractivity contribution < 1.29 is 4.74 Å². The lowest BCUT2D eigenvalue weighted by Gasteiger charge is -2.20. The lowest BCUT2D eigenvalue weighted by molar-refractivity contribution is 0.196. The summed E-state index contributed by atoms with van der Waals surface area (Å²) in [5.41, 5.74) is 1.13. The summed E-state index contributed by atoms with van der Waals surface area (Å²) in [6.45, 7) is 7.86. The van der Waals surface area contributed by atoms with Crippen LogP contribution in [0.5, 0.6) is 0 Å². The van der Waals surface area contributed by atoms with Crippen molar-refractivity contribution in [3.63, 3.8) is 0 Å². The first-order chi connectivity index (χ1) is 8.36. The molecule has 0 bridgehead atoms. The van der Waals surface area contributed by atoms with Crippen LogP contribution in [0.1, 0.15) is 12.6 Å². The molecule has 4 nitrogen and oxygen atoms in total. The van der Waals surface area contributed by atoms with Gasteiger partial charge in [0, 0.05) is 39.5 Å². The van der Waals surface area contributed by atoms with Crippen LogP contribution >= 0.6 is 0 Å². The monoisotopic (exact) mass is 237 g/mol. The third-order valence-electron chi connectivity index (χ3n) is 2.65. The van der Waals surface area contributed by atoms with Crippen LogP contribution in [0.25, 0.3) is 0 Å². The van der Waals surface area contributed by atoms with E-state index >= 15 is 0 Å². The molecule has 0 saturated carbocycles. The molecule has 1 aromatic rings. The zero-order valence-corrected chi connectivity index (χ0v) is 10.9. The quantitative estimate of drug-likeness (QED) is 0.654. The van der Waals surface area contributed by atoms with Gasteiger partial charge in [-0.2, -0.15) is 0 Å². The lowest BCUT2D eigenvalue weighted by Crippen LogP contribution is -2.33. The maximum absolute atomic E-state index is 4.98. The number of likely N-dealkylation sites (N-methyl/N-ethyl adjacent to an activating group) is 1. The van der Waals surface area contributed by atoms with Gasteiger partial charge in [0.05, 0.1) is 12.3 Å². The van der Waals surface area contributed by atoms with Crippen LogP contribution in [-0.4, -0.2) is 49.8 Å². The first-order valence-electron chi connectivity index (χ1n) is 6.18. The van der Waals surface area contributed by atoms with E-state index in [0.717, 1.165) is 45.0 Å². The normalized spacial score (nSPS) is 11.0. The topological polar surface area (TPSA) is 37.4 Å². The molecule has 0 aliphatic rings. The Bertz CT molecular complexity index is 279. The highest BCUT2D eigenvalue weighted by atomic mass is 16.5. The Morgan fingerprint density at radius 2 is 2.24 bits per heavy atom. The van der Waals surface area contributed by atoms with E-state index < -0.39 is 0 Å². The SMILES string of the molecule is CCN(CCNCCOC)Cc1ccccn1. The number of ether oxygens (including phenoxy) is 1. The summed E-state index contributed by atoms with van der Waals surface area (Å²) >= 11 is 0. The fourth-order valence-corrected chi connectivity index (χ4v) is 1.61. The van der Waals surface area contributed by atoms with Gasteiger partial charge in [-0.05, 0) is 18.7 Å². The van der Waals surface area contributed by atoms with Crippen LogP contribution in [0.4, 0.5) is 0 Å². The van der Waals surface area contributed by atoms with Crippen molar-refractivity contribution in [1.29, 1.82) is 0 Å². The average molecular weight is 237 g/mol. The number of hydrogen-bond donors (Lipinski definition) is 1. The molecule has 1 rings (SSSR count). The Morgan fingerprint density at radius 3 is 2.88 bits per heavy atom. The van der Waals surface area contributed by atoms with Gasteiger partial charge in [-0.15, -0.1) is 0 Å². The summed E-state index contributed by atoms with van der Waals surface area (Å²) in [6.07, 6.45) is 1.85. The molecule has 1 aromatic heterocycles. The molecule has 0 saturated heterocycles. The molecule has 4 heteroatoms. The highest BCUT2D eigenvalue weighted by molar-refractivity contribution is 5.03. The van der Waals surface area contributed by atoms with Crippen molar-refractivity contribution in [1.82, 2.24) is 15.2 Å². The van der Waals surface area contributed by atoms with E-state index in [2.05, 4.69) is 28.2 Å². The standard InChI is InChI=1S/C13H23N3O/c1-3-16(10-8-14-9-11-17-2)12-13-6-4-5-7-15-13/h4-7,14H,3,8-12H2,1-2H3. The molecule has 1 N–H and O–H groups in total. The van der Waals surface area contributed by atoms with Crippen molar-refractivity contribution in [3.8, 4) is 0 Å². The second kappa shape index (κ2) is 9.10. The van der Waals surface area contributed by atoms with Gasteiger partial charge in [-0.25, -0.2) is 0 Å². The van der Waals surface area contributed by atoms with Crippen LogP contribution in [0.3, 0.4) is 0 Å². The van der Waals surface area contributed by atoms with E-state index in [0.29, 0.717) is 0 Å². The Morgan fingerprint density at radius 1 is 1.35 bits per heavy atom. The minimum Gasteiger partial charge on any atom is -0.383 e. The third-order valence-corrected chi connectivity index (χ3v) is 2.65. The molecule has 0 radical (unpaired) electrons. The van der Waals surface area contributed by atoms with E-state index in [-0.39, 0.29) is 0 Å². The number of methoxy groups -OCH3 is 1. The van der Waals surface area contributed by atoms with Crippen LogP contribution in [0.2, 0.25) is 0 Å². The van der Waals surface area contributed by atoms with Crippen LogP contribution in [0, 0.1) is 0 Å². The Kier molecular flexibility index (Phi) is 7.54. The van der Waals surface area contributed by atoms with E-state index in [4.69, 9.17) is 4.74 Å². The largest absolute Gasteiger partial charge is 0.383 e. The molecule has 0 aliphatic heterocycles. The molecular formula is C13H23N3O. The second-order valence-electron chi connectivity index (χ2n) is 3.93. The van der Waals surface area contributed by atoms with Crippen LogP contribution in [-0.2, 0) is 11.3 Å². The summed E-state index contributed by atoms with van der Waals surface area (Å²) in [5, 5.41) is 3.35. The first-order valence-corrected chi connectivity index (χ1v) is 6.18. The fourth-order valence-electron chi connectivity index (χ4n) is 1.61. The van der Waals surface area contributed by atoms with E-state index in [1.807, 2.05) is 18.3 Å². The van der Waals surface area contributed by atoms with Crippen molar-refractivity contribution in [2.75, 3.05) is 39.9 Å². The summed E-state index contributed by atoms with van der Waals surface area (Å²) in [4.78, 5) is 6.72. The summed E-state index contributed by atoms with van der Waals surface area (Å²) in [7, 11) is 1.72. The molecule has 96 valence electrons. The van der Waals surface area contributed by atoms with Crippen LogP contribution < -0.4 is 5.32 Å². The molecular weight excluding hydrogens is 214 g/mol. The maximum atomic E-state index is 4.98. The van der Waals surface area contributed by atoms with Crippen molar-refractivity contribution in [2.24, 2.45) is 0 Å². The summed E-state index contributed by atoms with van der Waals surface area (Å²) in [6, 6.07) is 6.06. The zero-order chi connectivity index (χ0) is 12.3. The van der Waals surface area contributed by atoms with Gasteiger partial charge in [0.1, 0.15) is 0 Å². The van der Waals surface area contributed by atoms with E-state index in [9.17, 15) is 0 Å². The van der Waals surface area contributed by atoms with Gasteiger partial charge in [0.2, 0.25) is 0 Å². The van der Waals surface area contributed by atoms with Gasteiger partial charge >= 0.3 is 0 Å². The van der Waals surface area contributed by atoms with Crippen molar-refractivity contribution in [2.45, 2.75) is 13.5 Å². The fraction of sp³-hybridized carbons (Fsp3) is 0.615. The molecule has 1 heterocycles. The predicted octanol–water partition coefficient (Wildman–Crippen LogP) is 1.14. The summed E-state index contributed by atoms with van der Waals surface area (Å²) < 4.78 is 4.98. The van der Waals surface area contributed by atoms with Crippen molar-refractivity contribution in [3.05, 3.63) is 30.1 Å².